The second-order valence-corrected chi connectivity index (χ2v) is 11.0. The Kier molecular flexibility index (Phi) is 9.34. The summed E-state index contributed by atoms with van der Waals surface area (Å²) in [5.74, 6) is 1.84. The molecule has 2 aliphatic rings. The van der Waals surface area contributed by atoms with Gasteiger partial charge in [0, 0.05) is 45.0 Å². The number of carbonyl (C=O) groups is 1. The van der Waals surface area contributed by atoms with Gasteiger partial charge >= 0.3 is 0 Å². The number of aromatic nitrogens is 1. The average molecular weight is 595 g/mol. The van der Waals surface area contributed by atoms with Gasteiger partial charge in [0.2, 0.25) is 0 Å². The summed E-state index contributed by atoms with van der Waals surface area (Å²) in [5, 5.41) is 12.4. The zero-order chi connectivity index (χ0) is 27.0. The summed E-state index contributed by atoms with van der Waals surface area (Å²) in [6.07, 6.45) is 4.02. The summed E-state index contributed by atoms with van der Waals surface area (Å²) < 4.78 is 6.48. The molecule has 0 atom stereocenters. The van der Waals surface area contributed by atoms with Crippen LogP contribution in [0, 0.1) is 0 Å². The molecule has 0 unspecified atom stereocenters. The molecule has 0 aliphatic carbocycles. The smallest absolute Gasteiger partial charge is 0.253 e. The number of aromatic hydroxyl groups is 1. The Morgan fingerprint density at radius 3 is 2.41 bits per heavy atom. The summed E-state index contributed by atoms with van der Waals surface area (Å²) >= 11 is 3.65. The number of anilines is 1. The van der Waals surface area contributed by atoms with E-state index in [9.17, 15) is 9.90 Å². The lowest BCUT2D eigenvalue weighted by molar-refractivity contribution is 0.0946. The van der Waals surface area contributed by atoms with E-state index in [1.54, 1.807) is 18.3 Å². The number of nitrogens with zero attached hydrogens (tertiary/aromatic N) is 4. The van der Waals surface area contributed by atoms with Crippen LogP contribution in [0.15, 0.2) is 71.3 Å². The lowest BCUT2D eigenvalue weighted by Crippen LogP contribution is -2.53. The van der Waals surface area contributed by atoms with Gasteiger partial charge in [0.1, 0.15) is 23.9 Å². The average Bonchev–Trinajstić information content (AvgIpc) is 2.97. The van der Waals surface area contributed by atoms with Crippen LogP contribution in [-0.4, -0.2) is 84.3 Å². The number of hydrogen-bond acceptors (Lipinski definition) is 7. The highest BCUT2D eigenvalue weighted by atomic mass is 79.9. The number of halogens is 1. The van der Waals surface area contributed by atoms with Crippen LogP contribution < -0.4 is 15.0 Å². The molecule has 2 aromatic carbocycles. The fourth-order valence-corrected chi connectivity index (χ4v) is 5.94. The van der Waals surface area contributed by atoms with E-state index in [0.29, 0.717) is 30.5 Å². The van der Waals surface area contributed by atoms with Crippen LogP contribution in [0.4, 0.5) is 5.82 Å². The predicted molar refractivity (Wildman–Crippen MR) is 156 cm³/mol. The number of para-hydroxylation sites is 1. The van der Waals surface area contributed by atoms with Gasteiger partial charge in [0.25, 0.3) is 5.91 Å². The van der Waals surface area contributed by atoms with E-state index >= 15 is 0 Å². The highest BCUT2D eigenvalue weighted by molar-refractivity contribution is 9.10. The number of hydrogen-bond donors (Lipinski definition) is 2. The van der Waals surface area contributed by atoms with Gasteiger partial charge in [-0.1, -0.05) is 30.3 Å². The maximum Gasteiger partial charge on any atom is 0.253 e. The first-order valence-electron chi connectivity index (χ1n) is 13.7. The van der Waals surface area contributed by atoms with Crippen molar-refractivity contribution in [3.63, 3.8) is 0 Å². The van der Waals surface area contributed by atoms with E-state index in [1.807, 2.05) is 48.5 Å². The molecular formula is C30H36BrN5O3. The zero-order valence-corrected chi connectivity index (χ0v) is 23.7. The van der Waals surface area contributed by atoms with Crippen LogP contribution in [0.2, 0.25) is 0 Å². The Hall–Kier alpha value is -3.14. The Bertz CT molecular complexity index is 1210. The first-order chi connectivity index (χ1) is 19.0. The minimum Gasteiger partial charge on any atom is -0.508 e. The molecule has 5 rings (SSSR count). The van der Waals surface area contributed by atoms with Crippen LogP contribution in [0.5, 0.6) is 11.5 Å². The number of amides is 1. The molecule has 8 nitrogen and oxygen atoms in total. The Morgan fingerprint density at radius 1 is 1.00 bits per heavy atom. The van der Waals surface area contributed by atoms with Crippen molar-refractivity contribution in [1.82, 2.24) is 20.1 Å². The van der Waals surface area contributed by atoms with Gasteiger partial charge < -0.3 is 20.1 Å². The molecule has 1 aromatic heterocycles. The van der Waals surface area contributed by atoms with Crippen LogP contribution in [0.3, 0.4) is 0 Å². The van der Waals surface area contributed by atoms with Gasteiger partial charge in [-0.2, -0.15) is 0 Å². The third kappa shape index (κ3) is 7.50. The molecule has 2 aliphatic heterocycles. The quantitative estimate of drug-likeness (QED) is 0.361. The van der Waals surface area contributed by atoms with E-state index in [-0.39, 0.29) is 5.91 Å². The van der Waals surface area contributed by atoms with Gasteiger partial charge in [0.15, 0.2) is 0 Å². The molecule has 2 N–H and O–H groups in total. The first-order valence-corrected chi connectivity index (χ1v) is 14.5. The molecule has 2 fully saturated rings. The van der Waals surface area contributed by atoms with Crippen molar-refractivity contribution in [2.75, 3.05) is 57.3 Å². The summed E-state index contributed by atoms with van der Waals surface area (Å²) in [6, 6.07) is 19.6. The second-order valence-electron chi connectivity index (χ2n) is 10.1. The monoisotopic (exact) mass is 593 g/mol. The van der Waals surface area contributed by atoms with E-state index in [0.717, 1.165) is 61.9 Å². The van der Waals surface area contributed by atoms with Crippen molar-refractivity contribution < 1.29 is 14.6 Å². The lowest BCUT2D eigenvalue weighted by atomic mass is 10.0. The molecule has 0 saturated carbocycles. The highest BCUT2D eigenvalue weighted by Crippen LogP contribution is 2.27. The lowest BCUT2D eigenvalue weighted by Gasteiger charge is -2.43. The zero-order valence-electron chi connectivity index (χ0n) is 22.1. The number of piperidine rings is 1. The topological polar surface area (TPSA) is 81.2 Å². The van der Waals surface area contributed by atoms with Crippen LogP contribution in [0.25, 0.3) is 0 Å². The molecule has 3 heterocycles. The normalized spacial score (nSPS) is 17.2. The molecule has 39 heavy (non-hydrogen) atoms. The Morgan fingerprint density at radius 2 is 1.72 bits per heavy atom. The number of phenolic OH excluding ortho intramolecular Hbond substituents is 1. The van der Waals surface area contributed by atoms with Crippen molar-refractivity contribution in [3.05, 3.63) is 82.5 Å². The summed E-state index contributed by atoms with van der Waals surface area (Å²) in [6.45, 7) is 7.83. The number of phenols is 1. The number of piperazine rings is 1. The van der Waals surface area contributed by atoms with E-state index in [1.165, 1.54) is 18.4 Å². The fourth-order valence-electron chi connectivity index (χ4n) is 5.34. The summed E-state index contributed by atoms with van der Waals surface area (Å²) in [4.78, 5) is 24.7. The SMILES string of the molecule is O=C(NCCOc1ccccc1)c1cnc(N2CCN(C3CCN(Cc4ccc(O)cc4)CC3)CC2)c(Br)c1. The van der Waals surface area contributed by atoms with Gasteiger partial charge in [-0.25, -0.2) is 4.98 Å². The minimum absolute atomic E-state index is 0.159. The van der Waals surface area contributed by atoms with Crippen molar-refractivity contribution >= 4 is 27.7 Å². The number of benzene rings is 2. The fraction of sp³-hybridized carbons (Fsp3) is 0.400. The summed E-state index contributed by atoms with van der Waals surface area (Å²) in [7, 11) is 0. The Balaban J connectivity index is 1.04. The van der Waals surface area contributed by atoms with Crippen LogP contribution >= 0.6 is 15.9 Å². The largest absolute Gasteiger partial charge is 0.508 e. The van der Waals surface area contributed by atoms with E-state index in [2.05, 4.69) is 40.9 Å². The maximum atomic E-state index is 12.6. The van der Waals surface area contributed by atoms with Crippen molar-refractivity contribution in [2.24, 2.45) is 0 Å². The molecular weight excluding hydrogens is 558 g/mol. The van der Waals surface area contributed by atoms with Gasteiger partial charge in [0.05, 0.1) is 16.6 Å². The van der Waals surface area contributed by atoms with Gasteiger partial charge in [-0.15, -0.1) is 0 Å². The number of rotatable bonds is 9. The molecule has 0 radical (unpaired) electrons. The predicted octanol–water partition coefficient (Wildman–Crippen LogP) is 4.15. The Labute approximate surface area is 238 Å². The number of ether oxygens (including phenoxy) is 1. The van der Waals surface area contributed by atoms with Crippen LogP contribution in [0.1, 0.15) is 28.8 Å². The maximum absolute atomic E-state index is 12.6. The number of nitrogens with one attached hydrogen (secondary N) is 1. The number of likely N-dealkylation sites (tertiary alicyclic amines) is 1. The van der Waals surface area contributed by atoms with Crippen molar-refractivity contribution in [2.45, 2.75) is 25.4 Å². The third-order valence-electron chi connectivity index (χ3n) is 7.51. The summed E-state index contributed by atoms with van der Waals surface area (Å²) in [5.41, 5.74) is 1.78. The molecule has 3 aromatic rings. The minimum atomic E-state index is -0.159. The van der Waals surface area contributed by atoms with Crippen molar-refractivity contribution in [3.8, 4) is 11.5 Å². The van der Waals surface area contributed by atoms with Gasteiger partial charge in [-0.3, -0.25) is 14.6 Å². The molecule has 0 spiro atoms. The highest BCUT2D eigenvalue weighted by Gasteiger charge is 2.28. The first kappa shape index (κ1) is 27.4. The molecule has 2 saturated heterocycles. The van der Waals surface area contributed by atoms with Gasteiger partial charge in [-0.05, 0) is 77.8 Å². The second kappa shape index (κ2) is 13.3. The molecule has 206 valence electrons. The number of carbonyl (C=O) groups excluding carboxylic acids is 1. The third-order valence-corrected chi connectivity index (χ3v) is 8.10. The molecule has 9 heteroatoms. The number of pyridine rings is 1. The standard InChI is InChI=1S/C30H36BrN5O3/c31-28-20-24(30(38)32-12-19-39-27-4-2-1-3-5-27)21-33-29(28)36-17-15-35(16-18-36)25-10-13-34(14-11-25)22-23-6-8-26(37)9-7-23/h1-9,20-21,25,37H,10-19,22H2,(H,32,38). The van der Waals surface area contributed by atoms with E-state index in [4.69, 9.17) is 4.74 Å². The van der Waals surface area contributed by atoms with Crippen molar-refractivity contribution in [1.29, 1.82) is 0 Å². The molecule has 0 bridgehead atoms. The van der Waals surface area contributed by atoms with E-state index < -0.39 is 0 Å². The molecule has 1 amide bonds. The van der Waals surface area contributed by atoms with Crippen LogP contribution in [-0.2, 0) is 6.54 Å².